The first-order valence-electron chi connectivity index (χ1n) is 12.4. The Morgan fingerprint density at radius 3 is 2.47 bits per heavy atom. The Hall–Kier alpha value is -3.65. The summed E-state index contributed by atoms with van der Waals surface area (Å²) in [5.41, 5.74) is 5.84. The van der Waals surface area contributed by atoms with Gasteiger partial charge in [0.05, 0.1) is 18.8 Å². The summed E-state index contributed by atoms with van der Waals surface area (Å²) in [5, 5.41) is 7.44. The van der Waals surface area contributed by atoms with Crippen molar-refractivity contribution in [2.75, 3.05) is 51.7 Å². The van der Waals surface area contributed by atoms with Gasteiger partial charge in [-0.15, -0.1) is 0 Å². The number of aromatic nitrogens is 2. The molecule has 8 heteroatoms. The number of aryl methyl sites for hydroxylation is 2. The van der Waals surface area contributed by atoms with Crippen LogP contribution in [0.4, 0.5) is 5.69 Å². The maximum atomic E-state index is 13.3. The van der Waals surface area contributed by atoms with E-state index in [0.29, 0.717) is 12.1 Å². The number of carbonyl (C=O) groups is 2. The van der Waals surface area contributed by atoms with E-state index < -0.39 is 0 Å². The van der Waals surface area contributed by atoms with Crippen LogP contribution >= 0.6 is 0 Å². The van der Waals surface area contributed by atoms with Crippen molar-refractivity contribution < 1.29 is 9.59 Å². The maximum Gasteiger partial charge on any atom is 0.252 e. The topological polar surface area (TPSA) is 73.7 Å². The number of carbonyl (C=O) groups excluding carboxylic acids is 2. The summed E-state index contributed by atoms with van der Waals surface area (Å²) < 4.78 is 1.78. The Balaban J connectivity index is 1.42. The van der Waals surface area contributed by atoms with Gasteiger partial charge in [-0.1, -0.05) is 24.3 Å². The van der Waals surface area contributed by atoms with Gasteiger partial charge in [0, 0.05) is 70.3 Å². The van der Waals surface area contributed by atoms with Crippen molar-refractivity contribution in [3.05, 3.63) is 71.5 Å². The molecule has 1 saturated heterocycles. The lowest BCUT2D eigenvalue weighted by molar-refractivity contribution is -0.129. The number of rotatable bonds is 7. The van der Waals surface area contributed by atoms with Gasteiger partial charge in [-0.3, -0.25) is 19.2 Å². The Kier molecular flexibility index (Phi) is 7.74. The van der Waals surface area contributed by atoms with Crippen LogP contribution < -0.4 is 10.2 Å². The molecule has 1 aliphatic heterocycles. The predicted octanol–water partition coefficient (Wildman–Crippen LogP) is 3.10. The van der Waals surface area contributed by atoms with Crippen molar-refractivity contribution in [3.63, 3.8) is 0 Å². The van der Waals surface area contributed by atoms with Crippen LogP contribution in [-0.2, 0) is 11.8 Å². The Labute approximate surface area is 213 Å². The molecule has 1 fully saturated rings. The van der Waals surface area contributed by atoms with Gasteiger partial charge in [0.1, 0.15) is 0 Å². The Morgan fingerprint density at radius 1 is 1.06 bits per heavy atom. The number of anilines is 1. The molecule has 190 valence electrons. The lowest BCUT2D eigenvalue weighted by atomic mass is 10.0. The third kappa shape index (κ3) is 5.94. The summed E-state index contributed by atoms with van der Waals surface area (Å²) >= 11 is 0. The molecule has 1 N–H and O–H groups in total. The summed E-state index contributed by atoms with van der Waals surface area (Å²) in [7, 11) is 5.48. The van der Waals surface area contributed by atoms with E-state index >= 15 is 0 Å². The monoisotopic (exact) mass is 488 g/mol. The molecule has 4 rings (SSSR count). The third-order valence-corrected chi connectivity index (χ3v) is 6.83. The number of benzene rings is 2. The highest BCUT2D eigenvalue weighted by molar-refractivity contribution is 5.97. The number of hydrogen-bond donors (Lipinski definition) is 1. The fourth-order valence-electron chi connectivity index (χ4n) is 4.46. The van der Waals surface area contributed by atoms with Gasteiger partial charge in [-0.2, -0.15) is 5.10 Å². The standard InChI is InChI=1S/C28H36N6O2/c1-20-9-10-25(34-13-11-33(12-14-34)19-27(35)31(3)4)16-26(20)28(36)30-21(2)22-7-6-8-23(15-22)24-17-29-32(5)18-24/h6-10,15-18,21H,11-14,19H2,1-5H3,(H,30,36). The zero-order valence-electron chi connectivity index (χ0n) is 21.9. The molecule has 36 heavy (non-hydrogen) atoms. The van der Waals surface area contributed by atoms with E-state index in [1.807, 2.05) is 57.6 Å². The van der Waals surface area contributed by atoms with Gasteiger partial charge in [-0.25, -0.2) is 0 Å². The molecule has 0 saturated carbocycles. The molecule has 1 atom stereocenters. The van der Waals surface area contributed by atoms with Gasteiger partial charge >= 0.3 is 0 Å². The second-order valence-corrected chi connectivity index (χ2v) is 9.77. The predicted molar refractivity (Wildman–Crippen MR) is 143 cm³/mol. The van der Waals surface area contributed by atoms with Crippen LogP contribution in [0.5, 0.6) is 0 Å². The molecule has 0 spiro atoms. The first kappa shape index (κ1) is 25.4. The van der Waals surface area contributed by atoms with Crippen LogP contribution in [0.2, 0.25) is 0 Å². The lowest BCUT2D eigenvalue weighted by Crippen LogP contribution is -2.49. The van der Waals surface area contributed by atoms with E-state index in [4.69, 9.17) is 0 Å². The summed E-state index contributed by atoms with van der Waals surface area (Å²) in [6.07, 6.45) is 3.83. The summed E-state index contributed by atoms with van der Waals surface area (Å²) in [6, 6.07) is 14.1. The van der Waals surface area contributed by atoms with E-state index in [9.17, 15) is 9.59 Å². The van der Waals surface area contributed by atoms with Gasteiger partial charge < -0.3 is 15.1 Å². The van der Waals surface area contributed by atoms with E-state index in [1.54, 1.807) is 23.7 Å². The minimum Gasteiger partial charge on any atom is -0.369 e. The van der Waals surface area contributed by atoms with Crippen LogP contribution in [0.3, 0.4) is 0 Å². The minimum atomic E-state index is -0.144. The number of nitrogens with zero attached hydrogens (tertiary/aromatic N) is 5. The number of piperazine rings is 1. The molecular weight excluding hydrogens is 452 g/mol. The molecule has 1 aromatic heterocycles. The first-order valence-corrected chi connectivity index (χ1v) is 12.4. The average molecular weight is 489 g/mol. The number of amides is 2. The van der Waals surface area contributed by atoms with Gasteiger partial charge in [0.25, 0.3) is 5.91 Å². The molecule has 1 unspecified atom stereocenters. The molecular formula is C28H36N6O2. The van der Waals surface area contributed by atoms with Crippen molar-refractivity contribution in [2.45, 2.75) is 19.9 Å². The first-order chi connectivity index (χ1) is 17.2. The van der Waals surface area contributed by atoms with Crippen molar-refractivity contribution >= 4 is 17.5 Å². The highest BCUT2D eigenvalue weighted by atomic mass is 16.2. The summed E-state index contributed by atoms with van der Waals surface area (Å²) in [4.78, 5) is 31.4. The normalized spacial score (nSPS) is 15.0. The molecule has 2 aromatic carbocycles. The van der Waals surface area contributed by atoms with Crippen molar-refractivity contribution in [3.8, 4) is 11.1 Å². The van der Waals surface area contributed by atoms with Gasteiger partial charge in [-0.05, 0) is 48.7 Å². The molecule has 1 aliphatic rings. The van der Waals surface area contributed by atoms with Crippen LogP contribution in [0.25, 0.3) is 11.1 Å². The molecule has 0 radical (unpaired) electrons. The number of likely N-dealkylation sites (N-methyl/N-ethyl adjacent to an activating group) is 1. The minimum absolute atomic E-state index is 0.0798. The summed E-state index contributed by atoms with van der Waals surface area (Å²) in [5.74, 6) is 0.0432. The largest absolute Gasteiger partial charge is 0.369 e. The molecule has 0 bridgehead atoms. The third-order valence-electron chi connectivity index (χ3n) is 6.83. The SMILES string of the molecule is Cc1ccc(N2CCN(CC(=O)N(C)C)CC2)cc1C(=O)NC(C)c1cccc(-c2cnn(C)c2)c1. The quantitative estimate of drug-likeness (QED) is 0.553. The van der Waals surface area contributed by atoms with E-state index in [0.717, 1.165) is 54.1 Å². The zero-order chi connectivity index (χ0) is 25.8. The van der Waals surface area contributed by atoms with Gasteiger partial charge in [0.15, 0.2) is 0 Å². The second kappa shape index (κ2) is 11.0. The molecule has 8 nitrogen and oxygen atoms in total. The van der Waals surface area contributed by atoms with Crippen molar-refractivity contribution in [2.24, 2.45) is 7.05 Å². The second-order valence-electron chi connectivity index (χ2n) is 9.77. The molecule has 0 aliphatic carbocycles. The van der Waals surface area contributed by atoms with Crippen LogP contribution in [0, 0.1) is 6.92 Å². The molecule has 3 aromatic rings. The summed E-state index contributed by atoms with van der Waals surface area (Å²) in [6.45, 7) is 7.70. The highest BCUT2D eigenvalue weighted by Gasteiger charge is 2.21. The zero-order valence-corrected chi connectivity index (χ0v) is 21.9. The van der Waals surface area contributed by atoms with Crippen LogP contribution in [0.15, 0.2) is 54.9 Å². The Bertz CT molecular complexity index is 1230. The van der Waals surface area contributed by atoms with Crippen molar-refractivity contribution in [1.82, 2.24) is 24.9 Å². The number of nitrogens with one attached hydrogen (secondary N) is 1. The van der Waals surface area contributed by atoms with E-state index in [-0.39, 0.29) is 17.9 Å². The Morgan fingerprint density at radius 2 is 1.81 bits per heavy atom. The van der Waals surface area contributed by atoms with E-state index in [1.165, 1.54) is 0 Å². The van der Waals surface area contributed by atoms with Crippen LogP contribution in [-0.4, -0.2) is 78.2 Å². The molecule has 2 amide bonds. The average Bonchev–Trinajstić information content (AvgIpc) is 3.31. The fraction of sp³-hybridized carbons (Fsp3) is 0.393. The number of hydrogen-bond acceptors (Lipinski definition) is 5. The maximum absolute atomic E-state index is 13.3. The lowest BCUT2D eigenvalue weighted by Gasteiger charge is -2.36. The van der Waals surface area contributed by atoms with E-state index in [2.05, 4.69) is 38.4 Å². The fourth-order valence-corrected chi connectivity index (χ4v) is 4.46. The smallest absolute Gasteiger partial charge is 0.252 e. The van der Waals surface area contributed by atoms with Gasteiger partial charge in [0.2, 0.25) is 5.91 Å². The highest BCUT2D eigenvalue weighted by Crippen LogP contribution is 2.25. The van der Waals surface area contributed by atoms with Crippen molar-refractivity contribution in [1.29, 1.82) is 0 Å². The molecule has 2 heterocycles. The van der Waals surface area contributed by atoms with Crippen LogP contribution in [0.1, 0.15) is 34.5 Å².